The van der Waals surface area contributed by atoms with E-state index >= 15 is 0 Å². The smallest absolute Gasteiger partial charge is 0.257 e. The number of aryl methyl sites for hydroxylation is 1. The molecule has 0 bridgehead atoms. The number of nitrogen functional groups attached to an aromatic ring is 1. The van der Waals surface area contributed by atoms with Gasteiger partial charge in [-0.25, -0.2) is 9.97 Å². The first-order valence-electron chi connectivity index (χ1n) is 12.4. The number of benzene rings is 3. The molecule has 2 aromatic heterocycles. The molecule has 0 spiro atoms. The number of amides is 1. The molecule has 5 rings (SSSR count). The molecular formula is C30H31N5O. The Bertz CT molecular complexity index is 1520. The predicted molar refractivity (Wildman–Crippen MR) is 147 cm³/mol. The molecule has 0 saturated carbocycles. The van der Waals surface area contributed by atoms with E-state index in [0.717, 1.165) is 29.6 Å². The number of nitrogens with one attached hydrogen (secondary N) is 1. The largest absolute Gasteiger partial charge is 0.384 e. The number of fused-ring (bicyclic) bond motifs is 2. The highest BCUT2D eigenvalue weighted by Gasteiger charge is 2.25. The third-order valence-corrected chi connectivity index (χ3v) is 6.63. The zero-order valence-corrected chi connectivity index (χ0v) is 20.9. The molecule has 0 saturated heterocycles. The second kappa shape index (κ2) is 9.82. The Hall–Kier alpha value is -4.19. The number of carbonyl (C=O) groups excluding carboxylic acids is 1. The number of para-hydroxylation sites is 2. The van der Waals surface area contributed by atoms with E-state index in [1.54, 1.807) is 0 Å². The Morgan fingerprint density at radius 3 is 2.19 bits per heavy atom. The number of hydrogen-bond acceptors (Lipinski definition) is 4. The number of anilines is 1. The fourth-order valence-corrected chi connectivity index (χ4v) is 4.55. The SMILES string of the molecule is CC(CCc1ccccc1)NC(=O)c1c(N)n(-c2ccc(C(C)C)cc2)c2nc3ccccc3nc12. The van der Waals surface area contributed by atoms with E-state index in [9.17, 15) is 4.79 Å². The summed E-state index contributed by atoms with van der Waals surface area (Å²) in [6.07, 6.45) is 1.70. The van der Waals surface area contributed by atoms with Gasteiger partial charge in [0.15, 0.2) is 5.65 Å². The van der Waals surface area contributed by atoms with Crippen LogP contribution < -0.4 is 11.1 Å². The Morgan fingerprint density at radius 2 is 1.53 bits per heavy atom. The number of rotatable bonds is 7. The number of carbonyl (C=O) groups is 1. The van der Waals surface area contributed by atoms with Gasteiger partial charge in [-0.1, -0.05) is 68.4 Å². The quantitative estimate of drug-likeness (QED) is 0.300. The molecule has 0 aliphatic carbocycles. The molecule has 6 heteroatoms. The van der Waals surface area contributed by atoms with Crippen molar-refractivity contribution in [2.45, 2.75) is 45.6 Å². The zero-order valence-electron chi connectivity index (χ0n) is 20.9. The molecular weight excluding hydrogens is 446 g/mol. The fourth-order valence-electron chi connectivity index (χ4n) is 4.55. The molecule has 1 amide bonds. The molecule has 0 radical (unpaired) electrons. The van der Waals surface area contributed by atoms with Gasteiger partial charge in [0.25, 0.3) is 5.91 Å². The van der Waals surface area contributed by atoms with Crippen molar-refractivity contribution < 1.29 is 4.79 Å². The van der Waals surface area contributed by atoms with E-state index in [1.165, 1.54) is 11.1 Å². The van der Waals surface area contributed by atoms with Crippen LogP contribution in [0.25, 0.3) is 27.9 Å². The molecule has 1 atom stereocenters. The number of nitrogens with two attached hydrogens (primary N) is 1. The zero-order chi connectivity index (χ0) is 25.2. The lowest BCUT2D eigenvalue weighted by molar-refractivity contribution is 0.0941. The normalized spacial score (nSPS) is 12.3. The molecule has 3 aromatic carbocycles. The predicted octanol–water partition coefficient (Wildman–Crippen LogP) is 6.03. The van der Waals surface area contributed by atoms with Gasteiger partial charge in [0.2, 0.25) is 0 Å². The van der Waals surface area contributed by atoms with E-state index in [0.29, 0.717) is 28.5 Å². The van der Waals surface area contributed by atoms with Gasteiger partial charge in [-0.2, -0.15) is 0 Å². The van der Waals surface area contributed by atoms with Gasteiger partial charge in [-0.15, -0.1) is 0 Å². The van der Waals surface area contributed by atoms with E-state index < -0.39 is 0 Å². The summed E-state index contributed by atoms with van der Waals surface area (Å²) in [5, 5.41) is 3.14. The van der Waals surface area contributed by atoms with E-state index in [4.69, 9.17) is 15.7 Å². The van der Waals surface area contributed by atoms with Crippen LogP contribution in [-0.2, 0) is 6.42 Å². The van der Waals surface area contributed by atoms with E-state index in [2.05, 4.69) is 43.4 Å². The second-order valence-electron chi connectivity index (χ2n) is 9.63. The van der Waals surface area contributed by atoms with Crippen molar-refractivity contribution in [1.82, 2.24) is 19.9 Å². The Kier molecular flexibility index (Phi) is 6.42. The molecule has 5 aromatic rings. The molecule has 2 heterocycles. The van der Waals surface area contributed by atoms with Crippen molar-refractivity contribution in [3.63, 3.8) is 0 Å². The summed E-state index contributed by atoms with van der Waals surface area (Å²) < 4.78 is 1.84. The van der Waals surface area contributed by atoms with Crippen LogP contribution in [0.5, 0.6) is 0 Å². The number of hydrogen-bond donors (Lipinski definition) is 2. The van der Waals surface area contributed by atoms with Gasteiger partial charge in [-0.05, 0) is 61.1 Å². The van der Waals surface area contributed by atoms with Gasteiger partial charge in [0, 0.05) is 11.7 Å². The minimum Gasteiger partial charge on any atom is -0.384 e. The maximum atomic E-state index is 13.6. The average Bonchev–Trinajstić information content (AvgIpc) is 3.17. The Morgan fingerprint density at radius 1 is 0.889 bits per heavy atom. The van der Waals surface area contributed by atoms with Crippen molar-refractivity contribution in [2.24, 2.45) is 0 Å². The van der Waals surface area contributed by atoms with Gasteiger partial charge in [-0.3, -0.25) is 9.36 Å². The molecule has 1 unspecified atom stereocenters. The first kappa shape index (κ1) is 23.5. The van der Waals surface area contributed by atoms with Crippen LogP contribution in [0.4, 0.5) is 5.82 Å². The first-order chi connectivity index (χ1) is 17.4. The lowest BCUT2D eigenvalue weighted by Gasteiger charge is -2.14. The lowest BCUT2D eigenvalue weighted by Crippen LogP contribution is -2.33. The minimum absolute atomic E-state index is 0.0331. The molecule has 0 aliphatic heterocycles. The highest BCUT2D eigenvalue weighted by molar-refractivity contribution is 6.11. The summed E-state index contributed by atoms with van der Waals surface area (Å²) in [6.45, 7) is 6.34. The minimum atomic E-state index is -0.236. The van der Waals surface area contributed by atoms with Crippen molar-refractivity contribution in [2.75, 3.05) is 5.73 Å². The Labute approximate surface area is 211 Å². The van der Waals surface area contributed by atoms with Crippen LogP contribution >= 0.6 is 0 Å². The summed E-state index contributed by atoms with van der Waals surface area (Å²) in [4.78, 5) is 23.3. The summed E-state index contributed by atoms with van der Waals surface area (Å²) >= 11 is 0. The number of aromatic nitrogens is 3. The van der Waals surface area contributed by atoms with Crippen molar-refractivity contribution in [3.05, 3.63) is 95.6 Å². The summed E-state index contributed by atoms with van der Waals surface area (Å²) in [5.41, 5.74) is 12.9. The highest BCUT2D eigenvalue weighted by atomic mass is 16.1. The van der Waals surface area contributed by atoms with Crippen molar-refractivity contribution in [1.29, 1.82) is 0 Å². The van der Waals surface area contributed by atoms with Crippen LogP contribution in [0, 0.1) is 0 Å². The molecule has 0 aliphatic rings. The number of nitrogens with zero attached hydrogens (tertiary/aromatic N) is 3. The van der Waals surface area contributed by atoms with Crippen molar-refractivity contribution >= 4 is 33.9 Å². The van der Waals surface area contributed by atoms with Gasteiger partial charge >= 0.3 is 0 Å². The second-order valence-corrected chi connectivity index (χ2v) is 9.63. The molecule has 6 nitrogen and oxygen atoms in total. The Balaban J connectivity index is 1.54. The van der Waals surface area contributed by atoms with Crippen LogP contribution in [-0.4, -0.2) is 26.5 Å². The van der Waals surface area contributed by atoms with Crippen molar-refractivity contribution in [3.8, 4) is 5.69 Å². The van der Waals surface area contributed by atoms with Crippen LogP contribution in [0.1, 0.15) is 54.6 Å². The lowest BCUT2D eigenvalue weighted by atomic mass is 10.0. The topological polar surface area (TPSA) is 85.8 Å². The van der Waals surface area contributed by atoms with Gasteiger partial charge in [0.05, 0.1) is 11.0 Å². The van der Waals surface area contributed by atoms with Crippen LogP contribution in [0.3, 0.4) is 0 Å². The molecule has 3 N–H and O–H groups in total. The van der Waals surface area contributed by atoms with Crippen LogP contribution in [0.2, 0.25) is 0 Å². The maximum absolute atomic E-state index is 13.6. The standard InChI is InChI=1S/C30H31N5O/c1-19(2)22-15-17-23(18-16-22)35-28(31)26(27-29(35)34-25-12-8-7-11-24(25)33-27)30(36)32-20(3)13-14-21-9-5-4-6-10-21/h4-12,15-20H,13-14,31H2,1-3H3,(H,32,36). The maximum Gasteiger partial charge on any atom is 0.257 e. The fraction of sp³-hybridized carbons (Fsp3) is 0.233. The highest BCUT2D eigenvalue weighted by Crippen LogP contribution is 2.31. The van der Waals surface area contributed by atoms with E-state index in [1.807, 2.05) is 66.1 Å². The first-order valence-corrected chi connectivity index (χ1v) is 12.4. The third kappa shape index (κ3) is 4.54. The summed E-state index contributed by atoms with van der Waals surface area (Å²) in [7, 11) is 0. The molecule has 182 valence electrons. The molecule has 36 heavy (non-hydrogen) atoms. The average molecular weight is 478 g/mol. The van der Waals surface area contributed by atoms with Gasteiger partial charge < -0.3 is 11.1 Å². The summed E-state index contributed by atoms with van der Waals surface area (Å²) in [5.74, 6) is 0.519. The molecule has 0 fully saturated rings. The van der Waals surface area contributed by atoms with Gasteiger partial charge in [0.1, 0.15) is 16.9 Å². The monoisotopic (exact) mass is 477 g/mol. The van der Waals surface area contributed by atoms with Crippen LogP contribution in [0.15, 0.2) is 78.9 Å². The van der Waals surface area contributed by atoms with E-state index in [-0.39, 0.29) is 11.9 Å². The third-order valence-electron chi connectivity index (χ3n) is 6.63. The summed E-state index contributed by atoms with van der Waals surface area (Å²) in [6, 6.07) is 26.1.